The lowest BCUT2D eigenvalue weighted by atomic mass is 9.73. The van der Waals surface area contributed by atoms with Gasteiger partial charge in [0.2, 0.25) is 5.91 Å². The van der Waals surface area contributed by atoms with Crippen LogP contribution in [0.2, 0.25) is 0 Å². The Labute approximate surface area is 83.9 Å². The van der Waals surface area contributed by atoms with Crippen LogP contribution in [-0.2, 0) is 9.59 Å². The Bertz CT molecular complexity index is 253. The largest absolute Gasteiger partial charge is 0.355 e. The molecule has 1 amide bonds. The number of amides is 1. The van der Waals surface area contributed by atoms with Crippen LogP contribution in [0.15, 0.2) is 25.3 Å². The first-order valence-electron chi connectivity index (χ1n) is 4.71. The minimum atomic E-state index is -0.929. The van der Waals surface area contributed by atoms with Crippen molar-refractivity contribution < 1.29 is 9.59 Å². The second-order valence-corrected chi connectivity index (χ2v) is 3.50. The van der Waals surface area contributed by atoms with E-state index in [2.05, 4.69) is 18.5 Å². The molecule has 3 nitrogen and oxygen atoms in total. The molecule has 0 unspecified atom stereocenters. The zero-order valence-electron chi connectivity index (χ0n) is 8.21. The summed E-state index contributed by atoms with van der Waals surface area (Å²) in [5.74, 6) is -0.186. The molecule has 76 valence electrons. The molecule has 0 atom stereocenters. The van der Waals surface area contributed by atoms with Gasteiger partial charge < -0.3 is 5.32 Å². The fraction of sp³-hybridized carbons (Fsp3) is 0.455. The van der Waals surface area contributed by atoms with Crippen molar-refractivity contribution in [1.82, 2.24) is 5.32 Å². The molecular formula is C11H15NO2. The van der Waals surface area contributed by atoms with Crippen LogP contribution in [0, 0.1) is 5.41 Å². The van der Waals surface area contributed by atoms with Gasteiger partial charge in [-0.3, -0.25) is 9.59 Å². The Morgan fingerprint density at radius 2 is 1.86 bits per heavy atom. The SMILES string of the molecule is C=CCC1(CC=C)C(=O)CCNC1=O. The summed E-state index contributed by atoms with van der Waals surface area (Å²) in [6.07, 6.45) is 4.43. The van der Waals surface area contributed by atoms with E-state index >= 15 is 0 Å². The summed E-state index contributed by atoms with van der Waals surface area (Å²) in [7, 11) is 0. The molecule has 14 heavy (non-hydrogen) atoms. The van der Waals surface area contributed by atoms with Crippen molar-refractivity contribution in [2.24, 2.45) is 5.41 Å². The number of piperidine rings is 1. The zero-order chi connectivity index (χ0) is 10.6. The molecule has 0 bridgehead atoms. The van der Waals surface area contributed by atoms with E-state index in [9.17, 15) is 9.59 Å². The molecular weight excluding hydrogens is 178 g/mol. The molecule has 1 rings (SSSR count). The van der Waals surface area contributed by atoms with Gasteiger partial charge in [-0.2, -0.15) is 0 Å². The molecule has 0 spiro atoms. The lowest BCUT2D eigenvalue weighted by molar-refractivity contribution is -0.144. The average molecular weight is 193 g/mol. The van der Waals surface area contributed by atoms with Gasteiger partial charge in [0.25, 0.3) is 0 Å². The fourth-order valence-electron chi connectivity index (χ4n) is 1.81. The highest BCUT2D eigenvalue weighted by molar-refractivity contribution is 6.08. The van der Waals surface area contributed by atoms with Crippen molar-refractivity contribution in [2.75, 3.05) is 6.54 Å². The van der Waals surface area contributed by atoms with Crippen LogP contribution >= 0.6 is 0 Å². The molecule has 1 aliphatic heterocycles. The first kappa shape index (κ1) is 10.7. The van der Waals surface area contributed by atoms with Crippen molar-refractivity contribution >= 4 is 11.7 Å². The van der Waals surface area contributed by atoms with Crippen LogP contribution in [0.3, 0.4) is 0 Å². The summed E-state index contributed by atoms with van der Waals surface area (Å²) in [6, 6.07) is 0. The van der Waals surface area contributed by atoms with Crippen molar-refractivity contribution in [3.63, 3.8) is 0 Å². The lowest BCUT2D eigenvalue weighted by Crippen LogP contribution is -2.51. The van der Waals surface area contributed by atoms with E-state index in [1.807, 2.05) is 0 Å². The Morgan fingerprint density at radius 1 is 1.29 bits per heavy atom. The van der Waals surface area contributed by atoms with Crippen molar-refractivity contribution in [2.45, 2.75) is 19.3 Å². The zero-order valence-corrected chi connectivity index (χ0v) is 8.21. The van der Waals surface area contributed by atoms with Gasteiger partial charge in [-0.15, -0.1) is 13.2 Å². The molecule has 0 aliphatic carbocycles. The Kier molecular flexibility index (Phi) is 3.23. The van der Waals surface area contributed by atoms with E-state index in [4.69, 9.17) is 0 Å². The fourth-order valence-corrected chi connectivity index (χ4v) is 1.81. The van der Waals surface area contributed by atoms with E-state index in [1.165, 1.54) is 0 Å². The molecule has 0 aromatic heterocycles. The molecule has 1 aliphatic rings. The first-order valence-corrected chi connectivity index (χ1v) is 4.71. The smallest absolute Gasteiger partial charge is 0.234 e. The quantitative estimate of drug-likeness (QED) is 0.539. The third kappa shape index (κ3) is 1.62. The molecule has 0 radical (unpaired) electrons. The second kappa shape index (κ2) is 4.22. The van der Waals surface area contributed by atoms with Crippen molar-refractivity contribution in [3.05, 3.63) is 25.3 Å². The summed E-state index contributed by atoms with van der Waals surface area (Å²) >= 11 is 0. The molecule has 1 heterocycles. The molecule has 3 heteroatoms. The number of carbonyl (C=O) groups is 2. The van der Waals surface area contributed by atoms with Gasteiger partial charge in [0, 0.05) is 13.0 Å². The third-order valence-corrected chi connectivity index (χ3v) is 2.59. The minimum Gasteiger partial charge on any atom is -0.355 e. The van der Waals surface area contributed by atoms with Crippen LogP contribution in [0.1, 0.15) is 19.3 Å². The second-order valence-electron chi connectivity index (χ2n) is 3.50. The summed E-state index contributed by atoms with van der Waals surface area (Å²) < 4.78 is 0. The Balaban J connectivity index is 3.00. The van der Waals surface area contributed by atoms with Crippen LogP contribution in [-0.4, -0.2) is 18.2 Å². The van der Waals surface area contributed by atoms with E-state index < -0.39 is 5.41 Å². The number of rotatable bonds is 4. The van der Waals surface area contributed by atoms with Crippen LogP contribution < -0.4 is 5.32 Å². The predicted molar refractivity (Wildman–Crippen MR) is 54.7 cm³/mol. The summed E-state index contributed by atoms with van der Waals surface area (Å²) in [6.45, 7) is 7.62. The topological polar surface area (TPSA) is 46.2 Å². The van der Waals surface area contributed by atoms with Gasteiger partial charge in [-0.25, -0.2) is 0 Å². The monoisotopic (exact) mass is 193 g/mol. The molecule has 1 N–H and O–H groups in total. The average Bonchev–Trinajstić information content (AvgIpc) is 2.15. The maximum atomic E-state index is 11.8. The maximum absolute atomic E-state index is 11.8. The van der Waals surface area contributed by atoms with E-state index in [1.54, 1.807) is 12.2 Å². The van der Waals surface area contributed by atoms with Crippen molar-refractivity contribution in [3.8, 4) is 0 Å². The molecule has 0 aromatic carbocycles. The Morgan fingerprint density at radius 3 is 2.29 bits per heavy atom. The number of hydrogen-bond donors (Lipinski definition) is 1. The molecule has 1 saturated heterocycles. The number of Topliss-reactive ketones (excluding diaryl/α,β-unsaturated/α-hetero) is 1. The predicted octanol–water partition coefficient (Wildman–Crippen LogP) is 1.21. The van der Waals surface area contributed by atoms with E-state index in [0.29, 0.717) is 25.8 Å². The minimum absolute atomic E-state index is 0.000972. The summed E-state index contributed by atoms with van der Waals surface area (Å²) in [4.78, 5) is 23.4. The molecule has 1 fully saturated rings. The maximum Gasteiger partial charge on any atom is 0.234 e. The highest BCUT2D eigenvalue weighted by atomic mass is 16.2. The number of ketones is 1. The summed E-state index contributed by atoms with van der Waals surface area (Å²) in [5, 5.41) is 2.72. The van der Waals surface area contributed by atoms with Gasteiger partial charge >= 0.3 is 0 Å². The highest BCUT2D eigenvalue weighted by Gasteiger charge is 2.45. The normalized spacial score (nSPS) is 20.0. The van der Waals surface area contributed by atoms with Gasteiger partial charge in [-0.05, 0) is 12.8 Å². The van der Waals surface area contributed by atoms with Crippen molar-refractivity contribution in [1.29, 1.82) is 0 Å². The number of hydrogen-bond acceptors (Lipinski definition) is 2. The van der Waals surface area contributed by atoms with Gasteiger partial charge in [0.1, 0.15) is 5.41 Å². The third-order valence-electron chi connectivity index (χ3n) is 2.59. The van der Waals surface area contributed by atoms with Crippen LogP contribution in [0.5, 0.6) is 0 Å². The standard InChI is InChI=1S/C11H15NO2/c1-3-6-11(7-4-2)9(13)5-8-12-10(11)14/h3-4H,1-2,5-8H2,(H,12,14). The summed E-state index contributed by atoms with van der Waals surface area (Å²) in [5.41, 5.74) is -0.929. The van der Waals surface area contributed by atoms with Crippen LogP contribution in [0.25, 0.3) is 0 Å². The lowest BCUT2D eigenvalue weighted by Gasteiger charge is -2.32. The first-order chi connectivity index (χ1) is 6.67. The van der Waals surface area contributed by atoms with Gasteiger partial charge in [-0.1, -0.05) is 12.2 Å². The molecule has 0 saturated carbocycles. The van der Waals surface area contributed by atoms with Gasteiger partial charge in [0.15, 0.2) is 5.78 Å². The Hall–Kier alpha value is -1.38. The van der Waals surface area contributed by atoms with E-state index in [-0.39, 0.29) is 11.7 Å². The number of allylic oxidation sites excluding steroid dienone is 2. The van der Waals surface area contributed by atoms with Gasteiger partial charge in [0.05, 0.1) is 0 Å². The number of nitrogens with one attached hydrogen (secondary N) is 1. The highest BCUT2D eigenvalue weighted by Crippen LogP contribution is 2.32. The van der Waals surface area contributed by atoms with Crippen LogP contribution in [0.4, 0.5) is 0 Å². The van der Waals surface area contributed by atoms with E-state index in [0.717, 1.165) is 0 Å². The number of carbonyl (C=O) groups excluding carboxylic acids is 2. The molecule has 0 aromatic rings.